The highest BCUT2D eigenvalue weighted by Crippen LogP contribution is 2.30. The highest BCUT2D eigenvalue weighted by atomic mass is 32.2. The monoisotopic (exact) mass is 238 g/mol. The maximum Gasteiger partial charge on any atom is 0.174 e. The molecule has 0 amide bonds. The van der Waals surface area contributed by atoms with Gasteiger partial charge in [-0.2, -0.15) is 4.37 Å². The zero-order chi connectivity index (χ0) is 10.7. The van der Waals surface area contributed by atoms with Gasteiger partial charge in [0.2, 0.25) is 0 Å². The van der Waals surface area contributed by atoms with E-state index in [9.17, 15) is 0 Å². The molecule has 4 nitrogen and oxygen atoms in total. The van der Waals surface area contributed by atoms with Gasteiger partial charge in [-0.05, 0) is 30.1 Å². The number of nitrogens with two attached hydrogens (primary N) is 1. The lowest BCUT2D eigenvalue weighted by Crippen LogP contribution is -1.98. The molecule has 15 heavy (non-hydrogen) atoms. The molecule has 0 spiro atoms. The summed E-state index contributed by atoms with van der Waals surface area (Å²) in [5.41, 5.74) is 6.72. The van der Waals surface area contributed by atoms with E-state index in [-0.39, 0.29) is 0 Å². The Kier molecular flexibility index (Phi) is 3.30. The second-order valence-corrected chi connectivity index (χ2v) is 4.94. The summed E-state index contributed by atoms with van der Waals surface area (Å²) in [6.07, 6.45) is 3.56. The average molecular weight is 238 g/mol. The molecule has 2 N–H and O–H groups in total. The third kappa shape index (κ3) is 2.53. The van der Waals surface area contributed by atoms with Crippen molar-refractivity contribution in [2.45, 2.75) is 22.7 Å². The fourth-order valence-electron chi connectivity index (χ4n) is 1.08. The zero-order valence-electron chi connectivity index (χ0n) is 8.17. The SMILES string of the molecule is Cc1nsc(Sc2cnccc2CN)n1. The van der Waals surface area contributed by atoms with E-state index in [2.05, 4.69) is 14.3 Å². The van der Waals surface area contributed by atoms with Gasteiger partial charge in [-0.3, -0.25) is 4.98 Å². The molecule has 2 heterocycles. The molecule has 2 aromatic heterocycles. The minimum absolute atomic E-state index is 0.517. The van der Waals surface area contributed by atoms with Crippen LogP contribution in [-0.4, -0.2) is 14.3 Å². The van der Waals surface area contributed by atoms with E-state index in [1.165, 1.54) is 11.5 Å². The van der Waals surface area contributed by atoms with Crippen LogP contribution < -0.4 is 5.73 Å². The number of hydrogen-bond donors (Lipinski definition) is 1. The van der Waals surface area contributed by atoms with Gasteiger partial charge in [-0.25, -0.2) is 4.98 Å². The molecule has 78 valence electrons. The standard InChI is InChI=1S/C9H10N4S2/c1-6-12-9(15-13-6)14-8-5-11-3-2-7(8)4-10/h2-3,5H,4,10H2,1H3. The average Bonchev–Trinajstić information content (AvgIpc) is 2.65. The molecule has 2 rings (SSSR count). The molecule has 0 bridgehead atoms. The molecule has 0 aromatic carbocycles. The second kappa shape index (κ2) is 4.69. The fraction of sp³-hybridized carbons (Fsp3) is 0.222. The van der Waals surface area contributed by atoms with Crippen LogP contribution in [0.3, 0.4) is 0 Å². The lowest BCUT2D eigenvalue weighted by Gasteiger charge is -2.02. The molecule has 0 atom stereocenters. The topological polar surface area (TPSA) is 64.7 Å². The van der Waals surface area contributed by atoms with Crippen molar-refractivity contribution in [3.05, 3.63) is 29.8 Å². The van der Waals surface area contributed by atoms with Crippen molar-refractivity contribution in [2.75, 3.05) is 0 Å². The van der Waals surface area contributed by atoms with Crippen molar-refractivity contribution >= 4 is 23.3 Å². The second-order valence-electron chi connectivity index (χ2n) is 2.90. The Morgan fingerprint density at radius 1 is 1.53 bits per heavy atom. The molecule has 0 saturated carbocycles. The highest BCUT2D eigenvalue weighted by Gasteiger charge is 2.06. The Morgan fingerprint density at radius 2 is 2.40 bits per heavy atom. The molecule has 0 fully saturated rings. The van der Waals surface area contributed by atoms with E-state index in [0.29, 0.717) is 6.54 Å². The highest BCUT2D eigenvalue weighted by molar-refractivity contribution is 8.01. The van der Waals surface area contributed by atoms with Crippen molar-refractivity contribution in [1.29, 1.82) is 0 Å². The summed E-state index contributed by atoms with van der Waals surface area (Å²) in [6, 6.07) is 1.93. The van der Waals surface area contributed by atoms with Crippen LogP contribution >= 0.6 is 23.3 Å². The van der Waals surface area contributed by atoms with Crippen LogP contribution in [0.1, 0.15) is 11.4 Å². The Balaban J connectivity index is 2.23. The summed E-state index contributed by atoms with van der Waals surface area (Å²) in [7, 11) is 0. The van der Waals surface area contributed by atoms with Crippen LogP contribution in [0.2, 0.25) is 0 Å². The summed E-state index contributed by atoms with van der Waals surface area (Å²) >= 11 is 2.96. The largest absolute Gasteiger partial charge is 0.326 e. The first-order valence-corrected chi connectivity index (χ1v) is 5.99. The zero-order valence-corrected chi connectivity index (χ0v) is 9.81. The summed E-state index contributed by atoms with van der Waals surface area (Å²) in [4.78, 5) is 9.41. The molecule has 6 heteroatoms. The minimum Gasteiger partial charge on any atom is -0.326 e. The van der Waals surface area contributed by atoms with E-state index >= 15 is 0 Å². The smallest absolute Gasteiger partial charge is 0.174 e. The predicted octanol–water partition coefficient (Wildman–Crippen LogP) is 1.85. The summed E-state index contributed by atoms with van der Waals surface area (Å²) < 4.78 is 5.05. The number of aryl methyl sites for hydroxylation is 1. The van der Waals surface area contributed by atoms with Crippen LogP contribution in [0.5, 0.6) is 0 Å². The molecule has 0 saturated heterocycles. The summed E-state index contributed by atoms with van der Waals surface area (Å²) in [5, 5.41) is 0. The maximum atomic E-state index is 5.64. The minimum atomic E-state index is 0.517. The Morgan fingerprint density at radius 3 is 3.07 bits per heavy atom. The molecule has 0 unspecified atom stereocenters. The molecule has 0 aliphatic rings. The molecular formula is C9H10N4S2. The van der Waals surface area contributed by atoms with E-state index < -0.39 is 0 Å². The van der Waals surface area contributed by atoms with Gasteiger partial charge in [0.25, 0.3) is 0 Å². The lowest BCUT2D eigenvalue weighted by atomic mass is 10.3. The van der Waals surface area contributed by atoms with Crippen LogP contribution in [0.25, 0.3) is 0 Å². The van der Waals surface area contributed by atoms with E-state index in [1.54, 1.807) is 18.0 Å². The number of aromatic nitrogens is 3. The van der Waals surface area contributed by atoms with E-state index in [4.69, 9.17) is 5.73 Å². The van der Waals surface area contributed by atoms with Gasteiger partial charge >= 0.3 is 0 Å². The predicted molar refractivity (Wildman–Crippen MR) is 60.9 cm³/mol. The number of hydrogen-bond acceptors (Lipinski definition) is 6. The summed E-state index contributed by atoms with van der Waals surface area (Å²) in [6.45, 7) is 2.40. The number of pyridine rings is 1. The van der Waals surface area contributed by atoms with Crippen LogP contribution in [0.4, 0.5) is 0 Å². The van der Waals surface area contributed by atoms with Crippen LogP contribution in [-0.2, 0) is 6.54 Å². The first kappa shape index (κ1) is 10.5. The lowest BCUT2D eigenvalue weighted by molar-refractivity contribution is 1.00. The van der Waals surface area contributed by atoms with E-state index in [1.807, 2.05) is 19.2 Å². The van der Waals surface area contributed by atoms with Crippen molar-refractivity contribution in [2.24, 2.45) is 5.73 Å². The molecule has 0 aliphatic carbocycles. The van der Waals surface area contributed by atoms with Gasteiger partial charge in [-0.1, -0.05) is 11.8 Å². The van der Waals surface area contributed by atoms with E-state index in [0.717, 1.165) is 20.6 Å². The third-order valence-electron chi connectivity index (χ3n) is 1.80. The van der Waals surface area contributed by atoms with Crippen molar-refractivity contribution < 1.29 is 0 Å². The fourth-order valence-corrected chi connectivity index (χ4v) is 2.80. The Labute approximate surface area is 96.1 Å². The van der Waals surface area contributed by atoms with Gasteiger partial charge in [0.05, 0.1) is 0 Å². The van der Waals surface area contributed by atoms with Gasteiger partial charge in [-0.15, -0.1) is 0 Å². The van der Waals surface area contributed by atoms with Gasteiger partial charge in [0.1, 0.15) is 5.82 Å². The van der Waals surface area contributed by atoms with Crippen molar-refractivity contribution in [3.8, 4) is 0 Å². The number of nitrogens with zero attached hydrogens (tertiary/aromatic N) is 3. The first-order chi connectivity index (χ1) is 7.29. The molecule has 0 aliphatic heterocycles. The first-order valence-electron chi connectivity index (χ1n) is 4.40. The molecule has 0 radical (unpaired) electrons. The molecule has 2 aromatic rings. The van der Waals surface area contributed by atoms with Crippen LogP contribution in [0, 0.1) is 6.92 Å². The quantitative estimate of drug-likeness (QED) is 0.884. The Bertz CT molecular complexity index is 455. The van der Waals surface area contributed by atoms with Gasteiger partial charge in [0.15, 0.2) is 4.34 Å². The van der Waals surface area contributed by atoms with Crippen molar-refractivity contribution in [3.63, 3.8) is 0 Å². The number of rotatable bonds is 3. The maximum absolute atomic E-state index is 5.64. The van der Waals surface area contributed by atoms with Gasteiger partial charge < -0.3 is 5.73 Å². The van der Waals surface area contributed by atoms with Gasteiger partial charge in [0, 0.05) is 23.8 Å². The Hall–Kier alpha value is -0.980. The summed E-state index contributed by atoms with van der Waals surface area (Å²) in [5.74, 6) is 0.806. The third-order valence-corrected chi connectivity index (χ3v) is 3.73. The van der Waals surface area contributed by atoms with Crippen LogP contribution in [0.15, 0.2) is 27.7 Å². The normalized spacial score (nSPS) is 10.5. The van der Waals surface area contributed by atoms with Crippen molar-refractivity contribution in [1.82, 2.24) is 14.3 Å². The molecular weight excluding hydrogens is 228 g/mol.